The number of carboxylic acids is 1. The molecule has 248 valence electrons. The fourth-order valence-corrected chi connectivity index (χ4v) is 6.17. The molecule has 0 saturated heterocycles. The van der Waals surface area contributed by atoms with Crippen LogP contribution in [-0.2, 0) is 25.3 Å². The first-order chi connectivity index (χ1) is 22.7. The van der Waals surface area contributed by atoms with Gasteiger partial charge >= 0.3 is 5.97 Å². The molecule has 0 bridgehead atoms. The number of carbonyl (C=O) groups is 1. The van der Waals surface area contributed by atoms with E-state index in [-0.39, 0.29) is 12.2 Å². The zero-order valence-corrected chi connectivity index (χ0v) is 28.1. The molecule has 0 aliphatic carbocycles. The van der Waals surface area contributed by atoms with Gasteiger partial charge in [-0.1, -0.05) is 6.07 Å². The zero-order valence-electron chi connectivity index (χ0n) is 28.1. The van der Waals surface area contributed by atoms with E-state index in [0.29, 0.717) is 46.9 Å². The summed E-state index contributed by atoms with van der Waals surface area (Å²) in [5.74, 6) is -1.28. The monoisotopic (exact) mass is 650 g/mol. The van der Waals surface area contributed by atoms with E-state index >= 15 is 4.39 Å². The molecule has 1 aliphatic rings. The van der Waals surface area contributed by atoms with E-state index in [1.807, 2.05) is 66.8 Å². The first-order valence-corrected chi connectivity index (χ1v) is 15.7. The van der Waals surface area contributed by atoms with Crippen molar-refractivity contribution in [2.75, 3.05) is 18.5 Å². The second kappa shape index (κ2) is 12.4. The van der Waals surface area contributed by atoms with Crippen molar-refractivity contribution >= 4 is 33.6 Å². The van der Waals surface area contributed by atoms with Gasteiger partial charge in [0.15, 0.2) is 11.6 Å². The number of hydrogen-bond acceptors (Lipinski definition) is 7. The van der Waals surface area contributed by atoms with Gasteiger partial charge in [0.1, 0.15) is 12.3 Å². The van der Waals surface area contributed by atoms with Gasteiger partial charge in [-0.05, 0) is 93.3 Å². The highest BCUT2D eigenvalue weighted by molar-refractivity contribution is 6.01. The van der Waals surface area contributed by atoms with Crippen LogP contribution in [0.3, 0.4) is 0 Å². The summed E-state index contributed by atoms with van der Waals surface area (Å²) >= 11 is 0. The molecule has 1 aliphatic heterocycles. The highest BCUT2D eigenvalue weighted by atomic mass is 19.1. The Morgan fingerprint density at radius 3 is 2.56 bits per heavy atom. The minimum Gasteiger partial charge on any atom is -0.486 e. The molecule has 10 nitrogen and oxygen atoms in total. The number of aliphatic hydroxyl groups is 1. The predicted molar refractivity (Wildman–Crippen MR) is 186 cm³/mol. The van der Waals surface area contributed by atoms with E-state index in [1.54, 1.807) is 33.9 Å². The van der Waals surface area contributed by atoms with Gasteiger partial charge in [0.05, 0.1) is 40.8 Å². The van der Waals surface area contributed by atoms with E-state index in [2.05, 4.69) is 21.5 Å². The molecule has 5 heterocycles. The van der Waals surface area contributed by atoms with Gasteiger partial charge in [0.25, 0.3) is 0 Å². The molecule has 0 saturated carbocycles. The molecule has 0 amide bonds. The van der Waals surface area contributed by atoms with Gasteiger partial charge in [-0.25, -0.2) is 9.37 Å². The third-order valence-electron chi connectivity index (χ3n) is 8.32. The topological polar surface area (TPSA) is 127 Å². The first-order valence-electron chi connectivity index (χ1n) is 15.7. The quantitative estimate of drug-likeness (QED) is 0.186. The van der Waals surface area contributed by atoms with Crippen LogP contribution >= 0.6 is 0 Å². The summed E-state index contributed by atoms with van der Waals surface area (Å²) < 4.78 is 24.9. The van der Waals surface area contributed by atoms with Crippen LogP contribution in [-0.4, -0.2) is 59.3 Å². The molecule has 3 N–H and O–H groups in total. The summed E-state index contributed by atoms with van der Waals surface area (Å²) in [5.41, 5.74) is 8.57. The van der Waals surface area contributed by atoms with E-state index in [4.69, 9.17) is 14.8 Å². The molecule has 0 atom stereocenters. The average molecular weight is 651 g/mol. The SMILES string of the molecule is CC(C)(C)O.Cc1nc2c(cc(-c3ccnc(-c4ccc5c(cnn5C)c4)c3)n2C)c(-c2cc(F)c3c(c2C)NCCO3)c1CC(=O)O. The standard InChI is InChI=1S/C33H29FN6O3.C4H10O/c1-17-22(13-25(34)32-31(17)36-9-10-43-32)30-23(15-29(41)42)18(2)38-33-24(30)14-28(39(33)3)20-7-8-35-26(12-20)19-5-6-27-21(11-19)16-37-40(27)4;1-4(2,3)5/h5-8,11-14,16,36H,9-10,15H2,1-4H3,(H,41,42);5H,1-3H3. The lowest BCUT2D eigenvalue weighted by Gasteiger charge is -2.24. The summed E-state index contributed by atoms with van der Waals surface area (Å²) in [6.45, 7) is 9.86. The van der Waals surface area contributed by atoms with Crippen LogP contribution in [0.4, 0.5) is 10.1 Å². The van der Waals surface area contributed by atoms with Crippen molar-refractivity contribution in [2.45, 2.75) is 46.6 Å². The van der Waals surface area contributed by atoms with E-state index < -0.39 is 17.4 Å². The Morgan fingerprint density at radius 2 is 1.83 bits per heavy atom. The number of benzene rings is 2. The molecule has 48 heavy (non-hydrogen) atoms. The fraction of sp³-hybridized carbons (Fsp3) is 0.297. The van der Waals surface area contributed by atoms with Gasteiger partial charge in [-0.2, -0.15) is 5.10 Å². The number of aromatic nitrogens is 5. The normalized spacial score (nSPS) is 12.7. The van der Waals surface area contributed by atoms with Crippen LogP contribution in [0.15, 0.2) is 54.9 Å². The lowest BCUT2D eigenvalue weighted by molar-refractivity contribution is -0.136. The summed E-state index contributed by atoms with van der Waals surface area (Å²) in [4.78, 5) is 21.5. The highest BCUT2D eigenvalue weighted by Gasteiger charge is 2.26. The molecule has 2 aromatic carbocycles. The molecular weight excluding hydrogens is 611 g/mol. The minimum absolute atomic E-state index is 0.192. The number of aryl methyl sites for hydroxylation is 3. The number of aliphatic carboxylic acids is 1. The average Bonchev–Trinajstić information content (AvgIpc) is 3.57. The maximum Gasteiger partial charge on any atom is 0.307 e. The van der Waals surface area contributed by atoms with Crippen LogP contribution in [0, 0.1) is 19.7 Å². The number of hydrogen-bond donors (Lipinski definition) is 3. The lowest BCUT2D eigenvalue weighted by Crippen LogP contribution is -2.20. The highest BCUT2D eigenvalue weighted by Crippen LogP contribution is 2.44. The summed E-state index contributed by atoms with van der Waals surface area (Å²) in [6, 6.07) is 13.6. The van der Waals surface area contributed by atoms with Gasteiger partial charge < -0.3 is 24.8 Å². The van der Waals surface area contributed by atoms with Crippen molar-refractivity contribution in [3.05, 3.63) is 77.5 Å². The number of fused-ring (bicyclic) bond motifs is 3. The number of pyridine rings is 2. The summed E-state index contributed by atoms with van der Waals surface area (Å²) in [7, 11) is 3.85. The number of carboxylic acid groups (broad SMARTS) is 1. The van der Waals surface area contributed by atoms with Crippen LogP contribution in [0.1, 0.15) is 37.6 Å². The van der Waals surface area contributed by atoms with Gasteiger partial charge in [0.2, 0.25) is 0 Å². The summed E-state index contributed by atoms with van der Waals surface area (Å²) in [6.07, 6.45) is 3.37. The van der Waals surface area contributed by atoms with Crippen molar-refractivity contribution in [3.63, 3.8) is 0 Å². The third-order valence-corrected chi connectivity index (χ3v) is 8.32. The maximum atomic E-state index is 15.4. The van der Waals surface area contributed by atoms with Crippen LogP contribution < -0.4 is 10.1 Å². The Bertz CT molecular complexity index is 2210. The van der Waals surface area contributed by atoms with Crippen molar-refractivity contribution < 1.29 is 24.1 Å². The summed E-state index contributed by atoms with van der Waals surface area (Å²) in [5, 5.41) is 27.7. The Labute approximate surface area is 277 Å². The Balaban J connectivity index is 0.000000749. The zero-order chi connectivity index (χ0) is 34.5. The number of anilines is 1. The largest absolute Gasteiger partial charge is 0.486 e. The van der Waals surface area contributed by atoms with Gasteiger partial charge in [0, 0.05) is 54.4 Å². The van der Waals surface area contributed by atoms with Crippen LogP contribution in [0.5, 0.6) is 5.75 Å². The minimum atomic E-state index is -0.983. The van der Waals surface area contributed by atoms with Gasteiger partial charge in [-0.3, -0.25) is 14.5 Å². The number of halogens is 1. The fourth-order valence-electron chi connectivity index (χ4n) is 6.17. The Morgan fingerprint density at radius 1 is 1.08 bits per heavy atom. The molecule has 7 rings (SSSR count). The molecular formula is C37H39FN6O4. The van der Waals surface area contributed by atoms with E-state index in [9.17, 15) is 9.90 Å². The number of ether oxygens (including phenoxy) is 1. The first kappa shape index (κ1) is 32.6. The molecule has 0 fully saturated rings. The Kier molecular flexibility index (Phi) is 8.42. The molecule has 6 aromatic rings. The lowest BCUT2D eigenvalue weighted by atomic mass is 9.90. The molecule has 4 aromatic heterocycles. The third kappa shape index (κ3) is 6.21. The number of nitrogens with zero attached hydrogens (tertiary/aromatic N) is 5. The maximum absolute atomic E-state index is 15.4. The van der Waals surface area contributed by atoms with Crippen molar-refractivity contribution in [1.82, 2.24) is 24.3 Å². The van der Waals surface area contributed by atoms with Crippen molar-refractivity contribution in [1.29, 1.82) is 0 Å². The van der Waals surface area contributed by atoms with Crippen molar-refractivity contribution in [3.8, 4) is 39.4 Å². The molecule has 11 heteroatoms. The van der Waals surface area contributed by atoms with Crippen molar-refractivity contribution in [2.24, 2.45) is 14.1 Å². The number of nitrogens with one attached hydrogen (secondary N) is 1. The molecule has 0 radical (unpaired) electrons. The van der Waals surface area contributed by atoms with Gasteiger partial charge in [-0.15, -0.1) is 0 Å². The molecule has 0 unspecified atom stereocenters. The second-order valence-corrected chi connectivity index (χ2v) is 13.1. The molecule has 0 spiro atoms. The van der Waals surface area contributed by atoms with Crippen LogP contribution in [0.2, 0.25) is 0 Å². The Hall–Kier alpha value is -5.29. The van der Waals surface area contributed by atoms with E-state index in [1.165, 1.54) is 6.07 Å². The van der Waals surface area contributed by atoms with E-state index in [0.717, 1.165) is 44.4 Å². The predicted octanol–water partition coefficient (Wildman–Crippen LogP) is 6.82. The smallest absolute Gasteiger partial charge is 0.307 e. The van der Waals surface area contributed by atoms with Crippen LogP contribution in [0.25, 0.3) is 55.6 Å². The number of rotatable bonds is 5. The second-order valence-electron chi connectivity index (χ2n) is 13.1.